The number of benzene rings is 2. The lowest BCUT2D eigenvalue weighted by Gasteiger charge is -2.39. The Bertz CT molecular complexity index is 844. The van der Waals surface area contributed by atoms with Crippen LogP contribution in [0.4, 0.5) is 4.39 Å². The summed E-state index contributed by atoms with van der Waals surface area (Å²) in [5.41, 5.74) is 1.59. The number of halogens is 1. The molecule has 0 saturated carbocycles. The van der Waals surface area contributed by atoms with Gasteiger partial charge in [-0.2, -0.15) is 0 Å². The molecule has 2 aliphatic rings. The number of fused-ring (bicyclic) bond motifs is 2. The minimum Gasteiger partial charge on any atom is -0.502 e. The maximum absolute atomic E-state index is 13.3. The zero-order valence-corrected chi connectivity index (χ0v) is 16.0. The highest BCUT2D eigenvalue weighted by atomic mass is 19.1. The molecule has 0 aliphatic carbocycles. The Labute approximate surface area is 163 Å². The van der Waals surface area contributed by atoms with E-state index >= 15 is 0 Å². The number of methoxy groups -OCH3 is 2. The van der Waals surface area contributed by atoms with Crippen LogP contribution in [0, 0.1) is 5.82 Å². The molecule has 1 amide bonds. The van der Waals surface area contributed by atoms with Crippen molar-refractivity contribution in [2.24, 2.45) is 0 Å². The molecule has 2 aromatic rings. The fraction of sp³-hybridized carbons (Fsp3) is 0.409. The highest BCUT2D eigenvalue weighted by molar-refractivity contribution is 5.96. The van der Waals surface area contributed by atoms with Gasteiger partial charge in [0.15, 0.2) is 11.5 Å². The van der Waals surface area contributed by atoms with Crippen LogP contribution in [0.25, 0.3) is 0 Å². The molecule has 6 heteroatoms. The number of carbonyl (C=O) groups excluding carboxylic acids is 1. The molecule has 2 bridgehead atoms. The number of phenolic OH excluding ortho intramolecular Hbond substituents is 1. The molecule has 1 N–H and O–H groups in total. The van der Waals surface area contributed by atoms with Crippen molar-refractivity contribution < 1.29 is 23.8 Å². The number of ether oxygens (including phenoxy) is 2. The van der Waals surface area contributed by atoms with E-state index in [-0.39, 0.29) is 41.1 Å². The van der Waals surface area contributed by atoms with Crippen LogP contribution in [0.2, 0.25) is 0 Å². The third-order valence-electron chi connectivity index (χ3n) is 6.04. The standard InChI is InChI=1S/C22H24FNO4/c1-27-19-11-15(12-20(28-2)21(19)25)22(26)24-17-7-8-18(24)10-14(9-17)13-3-5-16(23)6-4-13/h3-6,11-12,14,17-18,25H,7-10H2,1-2H3/t14-,17+,18-. The summed E-state index contributed by atoms with van der Waals surface area (Å²) in [6, 6.07) is 10.2. The van der Waals surface area contributed by atoms with Crippen LogP contribution in [0.3, 0.4) is 0 Å². The number of hydrogen-bond donors (Lipinski definition) is 1. The van der Waals surface area contributed by atoms with Crippen LogP contribution in [-0.2, 0) is 0 Å². The van der Waals surface area contributed by atoms with Crippen LogP contribution in [-0.4, -0.2) is 42.2 Å². The van der Waals surface area contributed by atoms with Gasteiger partial charge >= 0.3 is 0 Å². The van der Waals surface area contributed by atoms with E-state index in [9.17, 15) is 14.3 Å². The molecule has 5 nitrogen and oxygen atoms in total. The van der Waals surface area contributed by atoms with Crippen molar-refractivity contribution in [2.45, 2.75) is 43.7 Å². The number of aromatic hydroxyl groups is 1. The number of carbonyl (C=O) groups is 1. The van der Waals surface area contributed by atoms with E-state index in [4.69, 9.17) is 9.47 Å². The molecule has 0 unspecified atom stereocenters. The van der Waals surface area contributed by atoms with Gasteiger partial charge in [-0.05, 0) is 61.4 Å². The lowest BCUT2D eigenvalue weighted by Crippen LogP contribution is -2.46. The largest absolute Gasteiger partial charge is 0.502 e. The van der Waals surface area contributed by atoms with Crippen molar-refractivity contribution in [1.29, 1.82) is 0 Å². The summed E-state index contributed by atoms with van der Waals surface area (Å²) in [4.78, 5) is 15.3. The monoisotopic (exact) mass is 385 g/mol. The third kappa shape index (κ3) is 3.17. The number of amides is 1. The number of nitrogens with zero attached hydrogens (tertiary/aromatic N) is 1. The highest BCUT2D eigenvalue weighted by Gasteiger charge is 2.44. The molecule has 2 heterocycles. The quantitative estimate of drug-likeness (QED) is 0.861. The van der Waals surface area contributed by atoms with Gasteiger partial charge in [0, 0.05) is 17.6 Å². The molecule has 28 heavy (non-hydrogen) atoms. The van der Waals surface area contributed by atoms with E-state index < -0.39 is 0 Å². The van der Waals surface area contributed by atoms with E-state index in [1.54, 1.807) is 12.1 Å². The normalized spacial score (nSPS) is 23.5. The average Bonchev–Trinajstić information content (AvgIpc) is 2.97. The average molecular weight is 385 g/mol. The minimum absolute atomic E-state index is 0.0679. The number of rotatable bonds is 4. The second kappa shape index (κ2) is 7.34. The molecular formula is C22H24FNO4. The maximum Gasteiger partial charge on any atom is 0.254 e. The molecule has 4 rings (SSSR count). The fourth-order valence-corrected chi connectivity index (χ4v) is 4.68. The van der Waals surface area contributed by atoms with Gasteiger partial charge in [-0.25, -0.2) is 4.39 Å². The highest BCUT2D eigenvalue weighted by Crippen LogP contribution is 2.45. The smallest absolute Gasteiger partial charge is 0.254 e. The predicted molar refractivity (Wildman–Crippen MR) is 103 cm³/mol. The topological polar surface area (TPSA) is 59.0 Å². The van der Waals surface area contributed by atoms with Gasteiger partial charge in [-0.15, -0.1) is 0 Å². The Kier molecular flexibility index (Phi) is 4.87. The molecule has 2 fully saturated rings. The summed E-state index contributed by atoms with van der Waals surface area (Å²) >= 11 is 0. The van der Waals surface area contributed by atoms with Crippen LogP contribution in [0.1, 0.15) is 47.5 Å². The van der Waals surface area contributed by atoms with Crippen molar-refractivity contribution in [3.05, 3.63) is 53.3 Å². The van der Waals surface area contributed by atoms with Crippen LogP contribution in [0.5, 0.6) is 17.2 Å². The van der Waals surface area contributed by atoms with Crippen molar-refractivity contribution in [3.8, 4) is 17.2 Å². The number of hydrogen-bond acceptors (Lipinski definition) is 4. The van der Waals surface area contributed by atoms with Crippen LogP contribution >= 0.6 is 0 Å². The van der Waals surface area contributed by atoms with Gasteiger partial charge in [0.25, 0.3) is 5.91 Å². The lowest BCUT2D eigenvalue weighted by atomic mass is 9.84. The summed E-state index contributed by atoms with van der Waals surface area (Å²) in [7, 11) is 2.89. The molecule has 0 aromatic heterocycles. The zero-order chi connectivity index (χ0) is 19.8. The predicted octanol–water partition coefficient (Wildman–Crippen LogP) is 4.10. The molecule has 2 saturated heterocycles. The Morgan fingerprint density at radius 1 is 1.04 bits per heavy atom. The number of piperidine rings is 1. The first kappa shape index (κ1) is 18.6. The second-order valence-electron chi connectivity index (χ2n) is 7.55. The Morgan fingerprint density at radius 3 is 2.07 bits per heavy atom. The van der Waals surface area contributed by atoms with Gasteiger partial charge in [0.1, 0.15) is 5.82 Å². The van der Waals surface area contributed by atoms with Crippen LogP contribution < -0.4 is 9.47 Å². The van der Waals surface area contributed by atoms with E-state index in [0.717, 1.165) is 31.2 Å². The summed E-state index contributed by atoms with van der Waals surface area (Å²) in [6.45, 7) is 0. The van der Waals surface area contributed by atoms with Gasteiger partial charge in [-0.3, -0.25) is 4.79 Å². The lowest BCUT2D eigenvalue weighted by molar-refractivity contribution is 0.0570. The Morgan fingerprint density at radius 2 is 1.57 bits per heavy atom. The summed E-state index contributed by atoms with van der Waals surface area (Å²) in [5.74, 6) is 0.370. The molecule has 2 aliphatic heterocycles. The second-order valence-corrected chi connectivity index (χ2v) is 7.55. The first-order chi connectivity index (χ1) is 13.5. The Balaban J connectivity index is 1.58. The van der Waals surface area contributed by atoms with Crippen molar-refractivity contribution in [1.82, 2.24) is 4.90 Å². The van der Waals surface area contributed by atoms with Gasteiger partial charge in [0.2, 0.25) is 5.75 Å². The summed E-state index contributed by atoms with van der Waals surface area (Å²) < 4.78 is 23.6. The number of phenols is 1. The van der Waals surface area contributed by atoms with E-state index in [1.165, 1.54) is 26.4 Å². The first-order valence-electron chi connectivity index (χ1n) is 9.55. The summed E-state index contributed by atoms with van der Waals surface area (Å²) in [5, 5.41) is 10.1. The van der Waals surface area contributed by atoms with E-state index in [1.807, 2.05) is 17.0 Å². The molecule has 148 valence electrons. The van der Waals surface area contributed by atoms with Gasteiger partial charge < -0.3 is 19.5 Å². The molecule has 0 spiro atoms. The van der Waals surface area contributed by atoms with Crippen LogP contribution in [0.15, 0.2) is 36.4 Å². The first-order valence-corrected chi connectivity index (χ1v) is 9.55. The molecular weight excluding hydrogens is 361 g/mol. The van der Waals surface area contributed by atoms with E-state index in [0.29, 0.717) is 11.5 Å². The van der Waals surface area contributed by atoms with Crippen molar-refractivity contribution in [3.63, 3.8) is 0 Å². The molecule has 0 radical (unpaired) electrons. The van der Waals surface area contributed by atoms with Crippen molar-refractivity contribution in [2.75, 3.05) is 14.2 Å². The van der Waals surface area contributed by atoms with Crippen molar-refractivity contribution >= 4 is 5.91 Å². The zero-order valence-electron chi connectivity index (χ0n) is 16.0. The minimum atomic E-state index is -0.227. The Hall–Kier alpha value is -2.76. The van der Waals surface area contributed by atoms with E-state index in [2.05, 4.69) is 0 Å². The maximum atomic E-state index is 13.3. The molecule has 2 aromatic carbocycles. The van der Waals surface area contributed by atoms with Gasteiger partial charge in [-0.1, -0.05) is 12.1 Å². The van der Waals surface area contributed by atoms with Gasteiger partial charge in [0.05, 0.1) is 14.2 Å². The molecule has 3 atom stereocenters. The fourth-order valence-electron chi connectivity index (χ4n) is 4.68. The third-order valence-corrected chi connectivity index (χ3v) is 6.04. The SMILES string of the molecule is COc1cc(C(=O)N2[C@@H]3CC[C@H]2C[C@@H](c2ccc(F)cc2)C3)cc(OC)c1O. The summed E-state index contributed by atoms with van der Waals surface area (Å²) in [6.07, 6.45) is 3.70.